The molecule has 2 aromatic rings. The average Bonchev–Trinajstić information content (AvgIpc) is 2.72. The number of nitrogens with zero attached hydrogens (tertiary/aromatic N) is 2. The lowest BCUT2D eigenvalue weighted by molar-refractivity contribution is -0.136. The molecule has 6 heteroatoms. The second-order valence-electron chi connectivity index (χ2n) is 4.20. The normalized spacial score (nSPS) is 12.9. The zero-order valence-electron chi connectivity index (χ0n) is 10.8. The van der Waals surface area contributed by atoms with Gasteiger partial charge >= 0.3 is 11.9 Å². The Kier molecular flexibility index (Phi) is 3.57. The van der Waals surface area contributed by atoms with E-state index in [2.05, 4.69) is 6.58 Å². The van der Waals surface area contributed by atoms with Gasteiger partial charge in [-0.25, -0.2) is 4.79 Å². The van der Waals surface area contributed by atoms with E-state index in [0.717, 1.165) is 10.5 Å². The van der Waals surface area contributed by atoms with Gasteiger partial charge in [0.15, 0.2) is 0 Å². The first-order chi connectivity index (χ1) is 9.40. The molecule has 0 aromatic carbocycles. The molecule has 0 N–H and O–H groups in total. The number of rotatable bonds is 3. The quantitative estimate of drug-likeness (QED) is 0.791. The summed E-state index contributed by atoms with van der Waals surface area (Å²) in [5, 5.41) is 0. The Hall–Kier alpha value is -2.24. The van der Waals surface area contributed by atoms with Crippen molar-refractivity contribution in [3.8, 4) is 0 Å². The van der Waals surface area contributed by atoms with E-state index in [9.17, 15) is 18.0 Å². The molecular weight excluding hydrogens is 269 g/mol. The molecule has 106 valence electrons. The van der Waals surface area contributed by atoms with E-state index in [1.54, 1.807) is 6.08 Å². The molecular formula is C14H13F3N2O. The van der Waals surface area contributed by atoms with Crippen LogP contribution in [0.15, 0.2) is 48.1 Å². The van der Waals surface area contributed by atoms with Crippen molar-refractivity contribution in [3.63, 3.8) is 0 Å². The van der Waals surface area contributed by atoms with Crippen molar-refractivity contribution in [2.45, 2.75) is 19.5 Å². The number of hydrogen-bond donors (Lipinski definition) is 0. The minimum absolute atomic E-state index is 0.172. The summed E-state index contributed by atoms with van der Waals surface area (Å²) in [6.45, 7) is 5.45. The van der Waals surface area contributed by atoms with Crippen molar-refractivity contribution in [3.05, 3.63) is 59.3 Å². The van der Waals surface area contributed by atoms with Crippen LogP contribution < -0.4 is 5.69 Å². The van der Waals surface area contributed by atoms with Crippen molar-refractivity contribution < 1.29 is 13.2 Å². The van der Waals surface area contributed by atoms with E-state index >= 15 is 0 Å². The first-order valence-electron chi connectivity index (χ1n) is 6.03. The molecule has 0 radical (unpaired) electrons. The maximum absolute atomic E-state index is 12.9. The zero-order chi connectivity index (χ0) is 14.9. The standard InChI is InChI=1S/C14H13F3N2O/c1-3-6-10(4-2)19-9-12-11(14(15,16)17)7-5-8-18(12)13(19)20/h4-9H,2-3H2,1H3/b10-6+. The van der Waals surface area contributed by atoms with Crippen LogP contribution in [0.2, 0.25) is 0 Å². The van der Waals surface area contributed by atoms with E-state index in [1.807, 2.05) is 6.92 Å². The molecule has 0 amide bonds. The van der Waals surface area contributed by atoms with Crippen LogP contribution in [-0.2, 0) is 6.18 Å². The smallest absolute Gasteiger partial charge is 0.267 e. The number of allylic oxidation sites excluding steroid dienone is 3. The third-order valence-corrected chi connectivity index (χ3v) is 2.90. The van der Waals surface area contributed by atoms with Gasteiger partial charge in [0.2, 0.25) is 0 Å². The van der Waals surface area contributed by atoms with E-state index in [-0.39, 0.29) is 5.52 Å². The fourth-order valence-electron chi connectivity index (χ4n) is 2.03. The molecule has 0 saturated heterocycles. The first kappa shape index (κ1) is 14.2. The van der Waals surface area contributed by atoms with Gasteiger partial charge in [-0.15, -0.1) is 0 Å². The van der Waals surface area contributed by atoms with E-state index in [4.69, 9.17) is 0 Å². The predicted molar refractivity (Wildman–Crippen MR) is 71.4 cm³/mol. The molecule has 0 spiro atoms. The van der Waals surface area contributed by atoms with Gasteiger partial charge < -0.3 is 0 Å². The topological polar surface area (TPSA) is 26.4 Å². The highest BCUT2D eigenvalue weighted by Gasteiger charge is 2.33. The molecule has 0 fully saturated rings. The largest absolute Gasteiger partial charge is 0.418 e. The van der Waals surface area contributed by atoms with E-state index < -0.39 is 17.4 Å². The Morgan fingerprint density at radius 1 is 1.45 bits per heavy atom. The Balaban J connectivity index is 2.80. The van der Waals surface area contributed by atoms with Crippen LogP contribution in [0.4, 0.5) is 13.2 Å². The molecule has 20 heavy (non-hydrogen) atoms. The Morgan fingerprint density at radius 2 is 2.15 bits per heavy atom. The minimum atomic E-state index is -4.51. The lowest BCUT2D eigenvalue weighted by Gasteiger charge is -2.07. The highest BCUT2D eigenvalue weighted by Crippen LogP contribution is 2.32. The fourth-order valence-corrected chi connectivity index (χ4v) is 2.03. The summed E-state index contributed by atoms with van der Waals surface area (Å²) < 4.78 is 40.9. The van der Waals surface area contributed by atoms with Gasteiger partial charge in [-0.3, -0.25) is 8.97 Å². The number of hydrogen-bond acceptors (Lipinski definition) is 1. The van der Waals surface area contributed by atoms with Gasteiger partial charge in [0, 0.05) is 18.1 Å². The summed E-state index contributed by atoms with van der Waals surface area (Å²) in [7, 11) is 0. The number of pyridine rings is 1. The molecule has 0 aliphatic carbocycles. The highest BCUT2D eigenvalue weighted by atomic mass is 19.4. The first-order valence-corrected chi connectivity index (χ1v) is 6.03. The SMILES string of the molecule is C=C/C(=C\CC)n1cc2c(C(F)(F)F)cccn2c1=O. The number of aromatic nitrogens is 2. The average molecular weight is 282 g/mol. The van der Waals surface area contributed by atoms with Crippen LogP contribution in [0.25, 0.3) is 11.2 Å². The molecule has 2 rings (SSSR count). The fraction of sp³-hybridized carbons (Fsp3) is 0.214. The van der Waals surface area contributed by atoms with Crippen LogP contribution >= 0.6 is 0 Å². The van der Waals surface area contributed by atoms with Crippen LogP contribution in [0, 0.1) is 0 Å². The summed E-state index contributed by atoms with van der Waals surface area (Å²) in [5.74, 6) is 0. The van der Waals surface area contributed by atoms with E-state index in [0.29, 0.717) is 12.1 Å². The lowest BCUT2D eigenvalue weighted by Crippen LogP contribution is -2.19. The molecule has 0 aliphatic heterocycles. The van der Waals surface area contributed by atoms with Crippen LogP contribution in [0.3, 0.4) is 0 Å². The van der Waals surface area contributed by atoms with Gasteiger partial charge in [-0.05, 0) is 24.6 Å². The molecule has 0 saturated carbocycles. The Labute approximate surface area is 113 Å². The van der Waals surface area contributed by atoms with Crippen molar-refractivity contribution >= 4 is 11.2 Å². The molecule has 0 aliphatic rings. The lowest BCUT2D eigenvalue weighted by atomic mass is 10.2. The van der Waals surface area contributed by atoms with Gasteiger partial charge in [0.25, 0.3) is 0 Å². The van der Waals surface area contributed by atoms with Crippen molar-refractivity contribution in [1.82, 2.24) is 8.97 Å². The summed E-state index contributed by atoms with van der Waals surface area (Å²) in [4.78, 5) is 12.2. The predicted octanol–water partition coefficient (Wildman–Crippen LogP) is 3.56. The molecule has 0 atom stereocenters. The van der Waals surface area contributed by atoms with Crippen molar-refractivity contribution in [2.75, 3.05) is 0 Å². The molecule has 0 unspecified atom stereocenters. The van der Waals surface area contributed by atoms with E-state index in [1.165, 1.54) is 29.1 Å². The third kappa shape index (κ3) is 2.29. The number of halogens is 3. The van der Waals surface area contributed by atoms with Crippen LogP contribution in [0.5, 0.6) is 0 Å². The molecule has 2 heterocycles. The number of alkyl halides is 3. The molecule has 0 bridgehead atoms. The van der Waals surface area contributed by atoms with Crippen molar-refractivity contribution in [1.29, 1.82) is 0 Å². The summed E-state index contributed by atoms with van der Waals surface area (Å²) in [6.07, 6.45) is 1.81. The highest BCUT2D eigenvalue weighted by molar-refractivity contribution is 5.62. The second-order valence-corrected chi connectivity index (χ2v) is 4.20. The second kappa shape index (κ2) is 5.03. The summed E-state index contributed by atoms with van der Waals surface area (Å²) in [5.41, 5.74) is -1.09. The zero-order valence-corrected chi connectivity index (χ0v) is 10.8. The third-order valence-electron chi connectivity index (χ3n) is 2.90. The minimum Gasteiger partial charge on any atom is -0.267 e. The Morgan fingerprint density at radius 3 is 2.70 bits per heavy atom. The van der Waals surface area contributed by atoms with Crippen LogP contribution in [-0.4, -0.2) is 8.97 Å². The maximum Gasteiger partial charge on any atom is 0.418 e. The maximum atomic E-state index is 12.9. The van der Waals surface area contributed by atoms with Crippen LogP contribution in [0.1, 0.15) is 18.9 Å². The monoisotopic (exact) mass is 282 g/mol. The molecule has 2 aromatic heterocycles. The van der Waals surface area contributed by atoms with Gasteiger partial charge in [-0.1, -0.05) is 19.6 Å². The molecule has 3 nitrogen and oxygen atoms in total. The van der Waals surface area contributed by atoms with Gasteiger partial charge in [0.1, 0.15) is 0 Å². The Bertz CT molecular complexity index is 735. The van der Waals surface area contributed by atoms with Gasteiger partial charge in [-0.2, -0.15) is 13.2 Å². The van der Waals surface area contributed by atoms with Gasteiger partial charge in [0.05, 0.1) is 11.1 Å². The summed E-state index contributed by atoms with van der Waals surface area (Å²) in [6, 6.07) is 2.16. The number of fused-ring (bicyclic) bond motifs is 1. The summed E-state index contributed by atoms with van der Waals surface area (Å²) >= 11 is 0. The number of imidazole rings is 1. The van der Waals surface area contributed by atoms with Crippen molar-refractivity contribution in [2.24, 2.45) is 0 Å².